The summed E-state index contributed by atoms with van der Waals surface area (Å²) in [5.41, 5.74) is 3.13. The van der Waals surface area contributed by atoms with Crippen LogP contribution in [-0.4, -0.2) is 17.4 Å². The molecule has 3 aromatic rings. The highest BCUT2D eigenvalue weighted by molar-refractivity contribution is 6.31. The third-order valence-corrected chi connectivity index (χ3v) is 4.31. The van der Waals surface area contributed by atoms with Crippen molar-refractivity contribution in [3.05, 3.63) is 64.1 Å². The second-order valence-corrected chi connectivity index (χ2v) is 6.48. The molecule has 0 aliphatic rings. The molecule has 25 heavy (non-hydrogen) atoms. The van der Waals surface area contributed by atoms with E-state index in [2.05, 4.69) is 4.98 Å². The van der Waals surface area contributed by atoms with Crippen LogP contribution < -0.4 is 4.74 Å². The number of carbonyl (C=O) groups excluding carboxylic acids is 1. The molecule has 0 bridgehead atoms. The second-order valence-electron chi connectivity index (χ2n) is 6.05. The summed E-state index contributed by atoms with van der Waals surface area (Å²) in [7, 11) is 0. The first-order valence-electron chi connectivity index (χ1n) is 8.21. The van der Waals surface area contributed by atoms with Gasteiger partial charge in [0.15, 0.2) is 5.78 Å². The van der Waals surface area contributed by atoms with Crippen LogP contribution >= 0.6 is 11.6 Å². The quantitative estimate of drug-likeness (QED) is 0.592. The van der Waals surface area contributed by atoms with Gasteiger partial charge >= 0.3 is 0 Å². The summed E-state index contributed by atoms with van der Waals surface area (Å²) in [5, 5.41) is 1.39. The largest absolute Gasteiger partial charge is 0.493 e. The average Bonchev–Trinajstić information content (AvgIpc) is 2.99. The van der Waals surface area contributed by atoms with Crippen LogP contribution in [0.5, 0.6) is 5.75 Å². The number of hydrogen-bond acceptors (Lipinski definition) is 2. The van der Waals surface area contributed by atoms with Crippen molar-refractivity contribution in [3.63, 3.8) is 0 Å². The minimum absolute atomic E-state index is 0.0686. The van der Waals surface area contributed by atoms with Gasteiger partial charge in [-0.05, 0) is 37.1 Å². The van der Waals surface area contributed by atoms with E-state index in [0.29, 0.717) is 28.5 Å². The van der Waals surface area contributed by atoms with Crippen LogP contribution in [0.25, 0.3) is 10.9 Å². The molecule has 0 saturated carbocycles. The Hall–Kier alpha value is -2.33. The van der Waals surface area contributed by atoms with Crippen molar-refractivity contribution in [2.75, 3.05) is 6.61 Å². The average molecular weight is 360 g/mol. The van der Waals surface area contributed by atoms with Gasteiger partial charge in [0.25, 0.3) is 0 Å². The molecule has 1 heterocycles. The number of ether oxygens (including phenoxy) is 1. The minimum Gasteiger partial charge on any atom is -0.493 e. The molecule has 1 N–H and O–H groups in total. The van der Waals surface area contributed by atoms with Crippen LogP contribution in [0.4, 0.5) is 4.39 Å². The summed E-state index contributed by atoms with van der Waals surface area (Å²) >= 11 is 6.13. The Morgan fingerprint density at radius 1 is 1.28 bits per heavy atom. The first kappa shape index (κ1) is 17.5. The van der Waals surface area contributed by atoms with E-state index in [9.17, 15) is 9.18 Å². The Morgan fingerprint density at radius 3 is 2.84 bits per heavy atom. The number of fused-ring (bicyclic) bond motifs is 1. The fourth-order valence-electron chi connectivity index (χ4n) is 2.89. The Kier molecular flexibility index (Phi) is 5.09. The van der Waals surface area contributed by atoms with E-state index in [1.807, 2.05) is 19.9 Å². The topological polar surface area (TPSA) is 42.1 Å². The van der Waals surface area contributed by atoms with E-state index in [4.69, 9.17) is 16.3 Å². The summed E-state index contributed by atoms with van der Waals surface area (Å²) in [6.45, 7) is 4.39. The molecule has 3 nitrogen and oxygen atoms in total. The molecule has 1 aromatic heterocycles. The third kappa shape index (κ3) is 3.69. The number of ketones is 1. The zero-order chi connectivity index (χ0) is 18.0. The Labute approximate surface area is 150 Å². The molecule has 5 heteroatoms. The van der Waals surface area contributed by atoms with Crippen LogP contribution in [0.1, 0.15) is 34.8 Å². The van der Waals surface area contributed by atoms with Gasteiger partial charge in [-0.25, -0.2) is 4.39 Å². The molecular weight excluding hydrogens is 341 g/mol. The third-order valence-electron chi connectivity index (χ3n) is 4.09. The molecule has 0 aliphatic heterocycles. The van der Waals surface area contributed by atoms with Gasteiger partial charge < -0.3 is 9.72 Å². The molecule has 2 aromatic carbocycles. The number of aromatic nitrogens is 1. The molecule has 0 atom stereocenters. The number of benzene rings is 2. The number of Topliss-reactive ketones (excluding diaryl/α,β-unsaturated/α-hetero) is 1. The van der Waals surface area contributed by atoms with Crippen molar-refractivity contribution >= 4 is 28.3 Å². The lowest BCUT2D eigenvalue weighted by molar-refractivity contribution is 0.0993. The predicted octanol–water partition coefficient (Wildman–Crippen LogP) is 5.48. The normalized spacial score (nSPS) is 11.0. The van der Waals surface area contributed by atoms with Gasteiger partial charge in [0, 0.05) is 45.7 Å². The standard InChI is InChI=1S/C20H19ClFNO2/c1-3-6-25-19-10-15(22)5-4-13(19)8-18(24)17-11-23-20-12(2)7-14(21)9-16(17)20/h4-5,7,9-11,23H,3,6,8H2,1-2H3. The Morgan fingerprint density at radius 2 is 2.08 bits per heavy atom. The number of aromatic amines is 1. The van der Waals surface area contributed by atoms with Gasteiger partial charge in [-0.3, -0.25) is 4.79 Å². The van der Waals surface area contributed by atoms with Crippen molar-refractivity contribution < 1.29 is 13.9 Å². The van der Waals surface area contributed by atoms with Crippen molar-refractivity contribution in [1.29, 1.82) is 0 Å². The molecule has 0 spiro atoms. The van der Waals surface area contributed by atoms with Gasteiger partial charge in [-0.2, -0.15) is 0 Å². The monoisotopic (exact) mass is 359 g/mol. The molecule has 0 saturated heterocycles. The minimum atomic E-state index is -0.378. The van der Waals surface area contributed by atoms with Crippen LogP contribution in [0.2, 0.25) is 5.02 Å². The van der Waals surface area contributed by atoms with Crippen molar-refractivity contribution in [2.24, 2.45) is 0 Å². The Balaban J connectivity index is 1.93. The highest BCUT2D eigenvalue weighted by Crippen LogP contribution is 2.28. The number of aryl methyl sites for hydroxylation is 1. The van der Waals surface area contributed by atoms with Crippen LogP contribution in [0.3, 0.4) is 0 Å². The summed E-state index contributed by atoms with van der Waals surface area (Å²) in [6.07, 6.45) is 2.65. The first-order chi connectivity index (χ1) is 12.0. The molecule has 3 rings (SSSR count). The van der Waals surface area contributed by atoms with Gasteiger partial charge in [-0.15, -0.1) is 0 Å². The maximum atomic E-state index is 13.5. The van der Waals surface area contributed by atoms with Crippen molar-refractivity contribution in [3.8, 4) is 5.75 Å². The lowest BCUT2D eigenvalue weighted by Gasteiger charge is -2.10. The molecule has 0 radical (unpaired) electrons. The van der Waals surface area contributed by atoms with E-state index in [-0.39, 0.29) is 18.0 Å². The molecule has 0 aliphatic carbocycles. The van der Waals surface area contributed by atoms with E-state index in [0.717, 1.165) is 22.9 Å². The van der Waals surface area contributed by atoms with Gasteiger partial charge in [0.1, 0.15) is 11.6 Å². The predicted molar refractivity (Wildman–Crippen MR) is 98.3 cm³/mol. The van der Waals surface area contributed by atoms with E-state index < -0.39 is 0 Å². The summed E-state index contributed by atoms with van der Waals surface area (Å²) in [5.74, 6) is -0.0260. The summed E-state index contributed by atoms with van der Waals surface area (Å²) in [6, 6.07) is 7.91. The molecule has 0 fully saturated rings. The van der Waals surface area contributed by atoms with Crippen LogP contribution in [0, 0.1) is 12.7 Å². The van der Waals surface area contributed by atoms with Gasteiger partial charge in [0.05, 0.1) is 6.61 Å². The smallest absolute Gasteiger partial charge is 0.169 e. The number of nitrogens with one attached hydrogen (secondary N) is 1. The van der Waals surface area contributed by atoms with Crippen LogP contribution in [0.15, 0.2) is 36.5 Å². The zero-order valence-electron chi connectivity index (χ0n) is 14.2. The second kappa shape index (κ2) is 7.28. The van der Waals surface area contributed by atoms with Crippen molar-refractivity contribution in [2.45, 2.75) is 26.7 Å². The first-order valence-corrected chi connectivity index (χ1v) is 8.59. The van der Waals surface area contributed by atoms with Gasteiger partial charge in [-0.1, -0.05) is 24.6 Å². The molecule has 0 unspecified atom stereocenters. The molecule has 130 valence electrons. The molecule has 0 amide bonds. The maximum absolute atomic E-state index is 13.5. The summed E-state index contributed by atoms with van der Waals surface area (Å²) < 4.78 is 19.1. The fourth-order valence-corrected chi connectivity index (χ4v) is 3.16. The van der Waals surface area contributed by atoms with E-state index in [1.54, 1.807) is 18.3 Å². The van der Waals surface area contributed by atoms with Gasteiger partial charge in [0.2, 0.25) is 0 Å². The maximum Gasteiger partial charge on any atom is 0.169 e. The van der Waals surface area contributed by atoms with Crippen LogP contribution in [-0.2, 0) is 6.42 Å². The SMILES string of the molecule is CCCOc1cc(F)ccc1CC(=O)c1c[nH]c2c(C)cc(Cl)cc12. The number of halogens is 2. The highest BCUT2D eigenvalue weighted by atomic mass is 35.5. The fraction of sp³-hybridized carbons (Fsp3) is 0.250. The highest BCUT2D eigenvalue weighted by Gasteiger charge is 2.17. The summed E-state index contributed by atoms with van der Waals surface area (Å²) in [4.78, 5) is 15.9. The number of H-pyrrole nitrogens is 1. The van der Waals surface area contributed by atoms with E-state index >= 15 is 0 Å². The number of rotatable bonds is 6. The number of hydrogen-bond donors (Lipinski definition) is 1. The van der Waals surface area contributed by atoms with Crippen molar-refractivity contribution in [1.82, 2.24) is 4.98 Å². The Bertz CT molecular complexity index is 933. The number of carbonyl (C=O) groups is 1. The lowest BCUT2D eigenvalue weighted by atomic mass is 10.0. The zero-order valence-corrected chi connectivity index (χ0v) is 14.9. The van der Waals surface area contributed by atoms with E-state index in [1.165, 1.54) is 12.1 Å². The molecular formula is C20H19ClFNO2. The lowest BCUT2D eigenvalue weighted by Crippen LogP contribution is -2.06.